The molecule has 0 atom stereocenters. The number of hydrogen-bond donors (Lipinski definition) is 1. The van der Waals surface area contributed by atoms with Gasteiger partial charge in [-0.3, -0.25) is 9.59 Å². The van der Waals surface area contributed by atoms with E-state index in [1.54, 1.807) is 4.90 Å². The Balaban J connectivity index is 2.79. The highest BCUT2D eigenvalue weighted by atomic mass is 32.1. The molecule has 20 heavy (non-hydrogen) atoms. The molecule has 1 aromatic heterocycles. The van der Waals surface area contributed by atoms with Crippen LogP contribution in [0.3, 0.4) is 0 Å². The minimum Gasteiger partial charge on any atom is -0.481 e. The average molecular weight is 297 g/mol. The van der Waals surface area contributed by atoms with Gasteiger partial charge in [0.25, 0.3) is 5.91 Å². The first-order chi connectivity index (χ1) is 9.36. The fourth-order valence-corrected chi connectivity index (χ4v) is 3.18. The molecule has 1 rings (SSSR count). The lowest BCUT2D eigenvalue weighted by Crippen LogP contribution is -2.37. The molecule has 4 nitrogen and oxygen atoms in total. The number of carbonyl (C=O) groups excluding carboxylic acids is 1. The summed E-state index contributed by atoms with van der Waals surface area (Å²) >= 11 is 1.53. The summed E-state index contributed by atoms with van der Waals surface area (Å²) in [6, 6.07) is 2.04. The zero-order valence-corrected chi connectivity index (χ0v) is 13.4. The Labute approximate surface area is 124 Å². The van der Waals surface area contributed by atoms with Crippen LogP contribution in [-0.2, 0) is 11.2 Å². The Morgan fingerprint density at radius 2 is 2.05 bits per heavy atom. The Bertz CT molecular complexity index is 479. The van der Waals surface area contributed by atoms with Crippen LogP contribution in [0.25, 0.3) is 0 Å². The zero-order valence-electron chi connectivity index (χ0n) is 12.6. The second kappa shape index (κ2) is 7.43. The molecule has 0 saturated carbocycles. The molecule has 0 fully saturated rings. The van der Waals surface area contributed by atoms with Gasteiger partial charge in [0.1, 0.15) is 0 Å². The zero-order chi connectivity index (χ0) is 15.3. The van der Waals surface area contributed by atoms with E-state index in [1.165, 1.54) is 21.8 Å². The summed E-state index contributed by atoms with van der Waals surface area (Å²) in [5.74, 6) is -0.806. The molecule has 0 aliphatic rings. The first kappa shape index (κ1) is 16.7. The minimum absolute atomic E-state index is 0.0122. The molecule has 0 spiro atoms. The number of amides is 1. The Morgan fingerprint density at radius 3 is 2.50 bits per heavy atom. The van der Waals surface area contributed by atoms with Crippen molar-refractivity contribution in [3.8, 4) is 0 Å². The van der Waals surface area contributed by atoms with Crippen LogP contribution in [-0.4, -0.2) is 34.5 Å². The lowest BCUT2D eigenvalue weighted by Gasteiger charge is -2.26. The predicted octanol–water partition coefficient (Wildman–Crippen LogP) is 3.33. The van der Waals surface area contributed by atoms with Crippen molar-refractivity contribution >= 4 is 23.2 Å². The first-order valence-electron chi connectivity index (χ1n) is 6.98. The number of aryl methyl sites for hydroxylation is 2. The number of aliphatic carboxylic acids is 1. The van der Waals surface area contributed by atoms with E-state index < -0.39 is 5.97 Å². The third kappa shape index (κ3) is 4.34. The molecule has 0 aliphatic heterocycles. The molecule has 0 saturated heterocycles. The summed E-state index contributed by atoms with van der Waals surface area (Å²) in [6.45, 7) is 8.52. The maximum Gasteiger partial charge on any atom is 0.303 e. The maximum absolute atomic E-state index is 12.5. The van der Waals surface area contributed by atoms with Gasteiger partial charge in [0.05, 0.1) is 4.88 Å². The quantitative estimate of drug-likeness (QED) is 0.839. The van der Waals surface area contributed by atoms with Crippen LogP contribution in [0, 0.1) is 6.92 Å². The molecular formula is C15H23NO3S. The summed E-state index contributed by atoms with van der Waals surface area (Å²) in [5.41, 5.74) is 1.22. The smallest absolute Gasteiger partial charge is 0.303 e. The largest absolute Gasteiger partial charge is 0.481 e. The molecule has 0 radical (unpaired) electrons. The Morgan fingerprint density at radius 1 is 1.40 bits per heavy atom. The third-order valence-electron chi connectivity index (χ3n) is 3.29. The molecular weight excluding hydrogens is 274 g/mol. The fourth-order valence-electron chi connectivity index (χ4n) is 2.11. The van der Waals surface area contributed by atoms with E-state index in [2.05, 4.69) is 6.92 Å². The molecule has 0 bridgehead atoms. The molecule has 1 heterocycles. The van der Waals surface area contributed by atoms with Gasteiger partial charge in [0, 0.05) is 23.9 Å². The van der Waals surface area contributed by atoms with Crippen LogP contribution in [0.5, 0.6) is 0 Å². The monoisotopic (exact) mass is 297 g/mol. The van der Waals surface area contributed by atoms with Crippen LogP contribution in [0.2, 0.25) is 0 Å². The minimum atomic E-state index is -0.818. The number of carbonyl (C=O) groups is 2. The number of thiophene rings is 1. The maximum atomic E-state index is 12.5. The normalized spacial score (nSPS) is 10.8. The van der Waals surface area contributed by atoms with E-state index in [0.29, 0.717) is 13.0 Å². The molecule has 112 valence electrons. The highest BCUT2D eigenvalue weighted by Gasteiger charge is 2.21. The topological polar surface area (TPSA) is 57.6 Å². The van der Waals surface area contributed by atoms with Crippen molar-refractivity contribution in [1.82, 2.24) is 4.90 Å². The molecule has 1 amide bonds. The summed E-state index contributed by atoms with van der Waals surface area (Å²) < 4.78 is 0. The molecule has 0 aromatic carbocycles. The highest BCUT2D eigenvalue weighted by molar-refractivity contribution is 7.14. The van der Waals surface area contributed by atoms with E-state index >= 15 is 0 Å². The highest BCUT2D eigenvalue weighted by Crippen LogP contribution is 2.24. The summed E-state index contributed by atoms with van der Waals surface area (Å²) in [6.07, 6.45) is 1.51. The van der Waals surface area contributed by atoms with E-state index in [9.17, 15) is 9.59 Å². The van der Waals surface area contributed by atoms with Crippen LogP contribution in [0.4, 0.5) is 0 Å². The fraction of sp³-hybridized carbons (Fsp3) is 0.600. The molecule has 0 unspecified atom stereocenters. The Hall–Kier alpha value is -1.36. The lowest BCUT2D eigenvalue weighted by atomic mass is 10.2. The van der Waals surface area contributed by atoms with Gasteiger partial charge in [-0.15, -0.1) is 11.3 Å². The lowest BCUT2D eigenvalue weighted by molar-refractivity contribution is -0.137. The third-order valence-corrected chi connectivity index (χ3v) is 4.37. The van der Waals surface area contributed by atoms with Crippen molar-refractivity contribution in [2.24, 2.45) is 0 Å². The number of carboxylic acid groups (broad SMARTS) is 1. The van der Waals surface area contributed by atoms with Gasteiger partial charge in [-0.05, 0) is 45.2 Å². The van der Waals surface area contributed by atoms with Crippen LogP contribution in [0.1, 0.15) is 53.7 Å². The summed E-state index contributed by atoms with van der Waals surface area (Å²) in [7, 11) is 0. The molecule has 5 heteroatoms. The number of carboxylic acids is 1. The van der Waals surface area contributed by atoms with Gasteiger partial charge in [0.15, 0.2) is 0 Å². The van der Waals surface area contributed by atoms with Crippen LogP contribution >= 0.6 is 11.3 Å². The van der Waals surface area contributed by atoms with Crippen LogP contribution in [0.15, 0.2) is 6.07 Å². The number of rotatable bonds is 7. The second-order valence-electron chi connectivity index (χ2n) is 5.14. The van der Waals surface area contributed by atoms with Gasteiger partial charge in [0.2, 0.25) is 0 Å². The van der Waals surface area contributed by atoms with Crippen molar-refractivity contribution in [3.63, 3.8) is 0 Å². The van der Waals surface area contributed by atoms with Crippen LogP contribution < -0.4 is 0 Å². The van der Waals surface area contributed by atoms with Gasteiger partial charge in [-0.2, -0.15) is 0 Å². The van der Waals surface area contributed by atoms with E-state index in [1.807, 2.05) is 26.8 Å². The number of hydrogen-bond acceptors (Lipinski definition) is 3. The molecule has 1 N–H and O–H groups in total. The van der Waals surface area contributed by atoms with Crippen molar-refractivity contribution in [1.29, 1.82) is 0 Å². The number of nitrogens with zero attached hydrogens (tertiary/aromatic N) is 1. The molecule has 1 aromatic rings. The van der Waals surface area contributed by atoms with Gasteiger partial charge in [-0.1, -0.05) is 6.92 Å². The van der Waals surface area contributed by atoms with Crippen molar-refractivity contribution in [3.05, 3.63) is 21.4 Å². The van der Waals surface area contributed by atoms with Gasteiger partial charge >= 0.3 is 5.97 Å². The Kier molecular flexibility index (Phi) is 6.20. The SMILES string of the molecule is CCc1cc(C(=O)N(CCCC(=O)O)C(C)C)sc1C. The van der Waals surface area contributed by atoms with E-state index in [0.717, 1.165) is 11.3 Å². The summed E-state index contributed by atoms with van der Waals surface area (Å²) in [5, 5.41) is 8.69. The standard InChI is InChI=1S/C15H23NO3S/c1-5-12-9-13(20-11(12)4)15(19)16(10(2)3)8-6-7-14(17)18/h9-10H,5-8H2,1-4H3,(H,17,18). The molecule has 0 aliphatic carbocycles. The first-order valence-corrected chi connectivity index (χ1v) is 7.80. The average Bonchev–Trinajstić information content (AvgIpc) is 2.74. The van der Waals surface area contributed by atoms with Gasteiger partial charge in [-0.25, -0.2) is 0 Å². The van der Waals surface area contributed by atoms with Crippen molar-refractivity contribution in [2.75, 3.05) is 6.54 Å². The second-order valence-corrected chi connectivity index (χ2v) is 6.39. The van der Waals surface area contributed by atoms with E-state index in [4.69, 9.17) is 5.11 Å². The summed E-state index contributed by atoms with van der Waals surface area (Å²) in [4.78, 5) is 26.8. The van der Waals surface area contributed by atoms with E-state index in [-0.39, 0.29) is 18.4 Å². The predicted molar refractivity (Wildman–Crippen MR) is 81.5 cm³/mol. The van der Waals surface area contributed by atoms with Crippen molar-refractivity contribution < 1.29 is 14.7 Å². The van der Waals surface area contributed by atoms with Gasteiger partial charge < -0.3 is 10.0 Å². The van der Waals surface area contributed by atoms with Crippen molar-refractivity contribution in [2.45, 2.75) is 53.0 Å².